The summed E-state index contributed by atoms with van der Waals surface area (Å²) < 4.78 is 5.35. The monoisotopic (exact) mass is 416 g/mol. The molecule has 6 nitrogen and oxygen atoms in total. The van der Waals surface area contributed by atoms with E-state index in [-0.39, 0.29) is 17.6 Å². The molecule has 1 aliphatic rings. The lowest BCUT2D eigenvalue weighted by Gasteiger charge is -2.27. The van der Waals surface area contributed by atoms with Gasteiger partial charge in [0.25, 0.3) is 5.70 Å². The summed E-state index contributed by atoms with van der Waals surface area (Å²) in [5.41, 5.74) is 0.958. The lowest BCUT2D eigenvalue weighted by Crippen LogP contribution is -2.34. The van der Waals surface area contributed by atoms with E-state index in [1.54, 1.807) is 12.2 Å². The predicted octanol–water partition coefficient (Wildman–Crippen LogP) is 5.40. The molecule has 0 spiro atoms. The van der Waals surface area contributed by atoms with Crippen molar-refractivity contribution in [2.24, 2.45) is 5.92 Å². The highest BCUT2D eigenvalue weighted by Crippen LogP contribution is 2.18. The second-order valence-corrected chi connectivity index (χ2v) is 6.61. The van der Waals surface area contributed by atoms with E-state index in [4.69, 9.17) is 4.74 Å². The molecule has 6 heteroatoms. The van der Waals surface area contributed by atoms with E-state index in [1.165, 1.54) is 6.08 Å². The van der Waals surface area contributed by atoms with Crippen LogP contribution in [0, 0.1) is 16.0 Å². The molecule has 0 radical (unpaired) electrons. The molecule has 0 unspecified atom stereocenters. The molecule has 166 valence electrons. The van der Waals surface area contributed by atoms with Gasteiger partial charge in [0.05, 0.1) is 10.8 Å². The first-order valence-electron chi connectivity index (χ1n) is 10.5. The second-order valence-electron chi connectivity index (χ2n) is 6.61. The Labute approximate surface area is 181 Å². The minimum absolute atomic E-state index is 0.0399. The van der Waals surface area contributed by atoms with Crippen LogP contribution in [-0.4, -0.2) is 35.9 Å². The third-order valence-electron chi connectivity index (χ3n) is 4.28. The molecule has 1 saturated heterocycles. The van der Waals surface area contributed by atoms with Crippen molar-refractivity contribution in [3.63, 3.8) is 0 Å². The third-order valence-corrected chi connectivity index (χ3v) is 4.28. The summed E-state index contributed by atoms with van der Waals surface area (Å²) in [7, 11) is 2.09. The number of allylic oxidation sites excluding steroid dienone is 4. The summed E-state index contributed by atoms with van der Waals surface area (Å²) >= 11 is 0. The highest BCUT2D eigenvalue weighted by molar-refractivity contribution is 5.72. The molecule has 1 heterocycles. The van der Waals surface area contributed by atoms with Crippen LogP contribution in [-0.2, 0) is 16.1 Å². The zero-order valence-electron chi connectivity index (χ0n) is 18.8. The minimum Gasteiger partial charge on any atom is -0.461 e. The molecule has 0 amide bonds. The molecule has 1 aromatic carbocycles. The molecular weight excluding hydrogens is 380 g/mol. The standard InChI is InChI=1S/C14H19NO2.C8H11NO2.C2H6/c1-15-9-7-13(8-10-15)14(16)17-11-12-5-3-2-4-6-12;1-3-4-5-6-7-8(2)9(10)11;1-2/h2-6,13H,7-11H2,1H3;4-7H,2-3H2,1H3;1-2H3/b;5-4-,7-6-;. The van der Waals surface area contributed by atoms with E-state index >= 15 is 0 Å². The first-order valence-corrected chi connectivity index (χ1v) is 10.5. The van der Waals surface area contributed by atoms with Gasteiger partial charge in [-0.15, -0.1) is 0 Å². The first kappa shape index (κ1) is 27.3. The van der Waals surface area contributed by atoms with Gasteiger partial charge in [-0.05, 0) is 51.5 Å². The van der Waals surface area contributed by atoms with Crippen molar-refractivity contribution in [2.75, 3.05) is 20.1 Å². The second kappa shape index (κ2) is 17.2. The van der Waals surface area contributed by atoms with Gasteiger partial charge < -0.3 is 9.64 Å². The van der Waals surface area contributed by atoms with E-state index in [0.717, 1.165) is 37.9 Å². The van der Waals surface area contributed by atoms with Gasteiger partial charge in [-0.3, -0.25) is 14.9 Å². The molecule has 0 aliphatic carbocycles. The van der Waals surface area contributed by atoms with Crippen LogP contribution in [0.2, 0.25) is 0 Å². The summed E-state index contributed by atoms with van der Waals surface area (Å²) in [6.07, 6.45) is 9.41. The number of hydrogen-bond acceptors (Lipinski definition) is 5. The summed E-state index contributed by atoms with van der Waals surface area (Å²) in [6.45, 7) is 11.6. The van der Waals surface area contributed by atoms with Gasteiger partial charge in [-0.2, -0.15) is 0 Å². The molecule has 2 rings (SSSR count). The summed E-state index contributed by atoms with van der Waals surface area (Å²) in [6, 6.07) is 9.82. The molecule has 1 aromatic rings. The Morgan fingerprint density at radius 2 is 1.83 bits per heavy atom. The van der Waals surface area contributed by atoms with E-state index < -0.39 is 4.92 Å². The van der Waals surface area contributed by atoms with Gasteiger partial charge in [0, 0.05) is 6.08 Å². The quantitative estimate of drug-likeness (QED) is 0.258. The largest absolute Gasteiger partial charge is 0.461 e. The van der Waals surface area contributed by atoms with Crippen LogP contribution in [0.5, 0.6) is 0 Å². The van der Waals surface area contributed by atoms with E-state index in [9.17, 15) is 14.9 Å². The average molecular weight is 417 g/mol. The number of carbonyl (C=O) groups excluding carboxylic acids is 1. The Hall–Kier alpha value is -2.73. The molecule has 0 bridgehead atoms. The third kappa shape index (κ3) is 12.7. The Kier molecular flexibility index (Phi) is 15.6. The SMILES string of the molecule is C=C(/C=C\C=C/CC)[N+](=O)[O-].CC.CN1CCC(C(=O)OCc2ccccc2)CC1. The maximum atomic E-state index is 11.8. The van der Waals surface area contributed by atoms with Crippen molar-refractivity contribution in [1.82, 2.24) is 4.90 Å². The fourth-order valence-electron chi connectivity index (χ4n) is 2.53. The Morgan fingerprint density at radius 3 is 2.37 bits per heavy atom. The number of likely N-dealkylation sites (tertiary alicyclic amines) is 1. The number of nitro groups is 1. The van der Waals surface area contributed by atoms with Crippen molar-refractivity contribution in [1.29, 1.82) is 0 Å². The molecule has 30 heavy (non-hydrogen) atoms. The number of hydrogen-bond donors (Lipinski definition) is 0. The first-order chi connectivity index (χ1) is 14.4. The fraction of sp³-hybridized carbons (Fsp3) is 0.458. The predicted molar refractivity (Wildman–Crippen MR) is 123 cm³/mol. The highest BCUT2D eigenvalue weighted by atomic mass is 16.6. The molecule has 1 aliphatic heterocycles. The maximum Gasteiger partial charge on any atom is 0.309 e. The smallest absolute Gasteiger partial charge is 0.309 e. The van der Waals surface area contributed by atoms with Gasteiger partial charge in [-0.25, -0.2) is 0 Å². The van der Waals surface area contributed by atoms with E-state index in [1.807, 2.05) is 57.2 Å². The molecule has 0 atom stereocenters. The Balaban J connectivity index is 0.000000565. The lowest BCUT2D eigenvalue weighted by molar-refractivity contribution is -0.418. The Morgan fingerprint density at radius 1 is 1.23 bits per heavy atom. The van der Waals surface area contributed by atoms with Crippen molar-refractivity contribution < 1.29 is 14.5 Å². The van der Waals surface area contributed by atoms with Gasteiger partial charge >= 0.3 is 5.97 Å². The number of nitrogens with zero attached hydrogens (tertiary/aromatic N) is 2. The molecule has 0 aromatic heterocycles. The van der Waals surface area contributed by atoms with Gasteiger partial charge in [0.1, 0.15) is 6.61 Å². The topological polar surface area (TPSA) is 72.7 Å². The van der Waals surface area contributed by atoms with E-state index in [2.05, 4.69) is 18.5 Å². The maximum absolute atomic E-state index is 11.8. The average Bonchev–Trinajstić information content (AvgIpc) is 2.78. The normalized spacial score (nSPS) is 14.4. The zero-order valence-corrected chi connectivity index (χ0v) is 18.8. The van der Waals surface area contributed by atoms with Crippen molar-refractivity contribution in [3.8, 4) is 0 Å². The fourth-order valence-corrected chi connectivity index (χ4v) is 2.53. The lowest BCUT2D eigenvalue weighted by atomic mass is 9.97. The van der Waals surface area contributed by atoms with Gasteiger partial charge in [-0.1, -0.05) is 69.3 Å². The van der Waals surface area contributed by atoms with Crippen molar-refractivity contribution in [3.05, 3.63) is 82.6 Å². The number of ether oxygens (including phenoxy) is 1. The van der Waals surface area contributed by atoms with Crippen molar-refractivity contribution in [2.45, 2.75) is 46.6 Å². The molecular formula is C24H36N2O4. The minimum atomic E-state index is -0.518. The van der Waals surface area contributed by atoms with Crippen LogP contribution < -0.4 is 0 Å². The van der Waals surface area contributed by atoms with Gasteiger partial charge in [0.15, 0.2) is 0 Å². The summed E-state index contributed by atoms with van der Waals surface area (Å²) in [5, 5.41) is 9.99. The zero-order chi connectivity index (χ0) is 22.8. The van der Waals surface area contributed by atoms with Crippen LogP contribution in [0.4, 0.5) is 0 Å². The Bertz CT molecular complexity index is 676. The number of piperidine rings is 1. The molecule has 0 saturated carbocycles. The van der Waals surface area contributed by atoms with Crippen LogP contribution in [0.15, 0.2) is 66.9 Å². The van der Waals surface area contributed by atoms with Crippen LogP contribution in [0.25, 0.3) is 0 Å². The van der Waals surface area contributed by atoms with Crippen LogP contribution >= 0.6 is 0 Å². The number of esters is 1. The van der Waals surface area contributed by atoms with E-state index in [0.29, 0.717) is 6.61 Å². The van der Waals surface area contributed by atoms with Crippen molar-refractivity contribution >= 4 is 5.97 Å². The number of rotatable bonds is 7. The summed E-state index contributed by atoms with van der Waals surface area (Å²) in [4.78, 5) is 23.6. The number of carbonyl (C=O) groups is 1. The summed E-state index contributed by atoms with van der Waals surface area (Å²) in [5.74, 6) is 0.0527. The highest BCUT2D eigenvalue weighted by Gasteiger charge is 2.24. The molecule has 1 fully saturated rings. The number of benzene rings is 1. The van der Waals surface area contributed by atoms with Crippen LogP contribution in [0.1, 0.15) is 45.6 Å². The van der Waals surface area contributed by atoms with Crippen LogP contribution in [0.3, 0.4) is 0 Å². The molecule has 0 N–H and O–H groups in total. The van der Waals surface area contributed by atoms with Gasteiger partial charge in [0.2, 0.25) is 0 Å².